The number of benzene rings is 1. The third-order valence-corrected chi connectivity index (χ3v) is 2.93. The Balaban J connectivity index is 2.58. The predicted octanol–water partition coefficient (Wildman–Crippen LogP) is 2.49. The summed E-state index contributed by atoms with van der Waals surface area (Å²) in [5.41, 5.74) is 1.80. The summed E-state index contributed by atoms with van der Waals surface area (Å²) in [5.74, 6) is -0.680. The minimum Gasteiger partial charge on any atom is -0.497 e. The van der Waals surface area contributed by atoms with E-state index in [-0.39, 0.29) is 11.5 Å². The van der Waals surface area contributed by atoms with Gasteiger partial charge in [-0.3, -0.25) is 4.79 Å². The zero-order chi connectivity index (χ0) is 14.0. The van der Waals surface area contributed by atoms with Crippen LogP contribution in [-0.2, 0) is 9.53 Å². The molecule has 0 atom stereocenters. The standard InChI is InChI=1S/C14H15NO4/c1-3-11(19-4-2)12-9-7-8(14(17)18)5-6-10(9)15-13(12)16/h5-7H,3-4H2,1-2H3,(H,15,16)(H,17,18)/b12-11-. The van der Waals surface area contributed by atoms with E-state index in [4.69, 9.17) is 9.84 Å². The van der Waals surface area contributed by atoms with Crippen LogP contribution in [0, 0.1) is 0 Å². The minimum atomic E-state index is -1.02. The lowest BCUT2D eigenvalue weighted by Crippen LogP contribution is -2.07. The van der Waals surface area contributed by atoms with E-state index in [2.05, 4.69) is 5.32 Å². The van der Waals surface area contributed by atoms with Crippen LogP contribution in [0.2, 0.25) is 0 Å². The van der Waals surface area contributed by atoms with Crippen LogP contribution >= 0.6 is 0 Å². The summed E-state index contributed by atoms with van der Waals surface area (Å²) in [4.78, 5) is 23.0. The number of rotatable bonds is 4. The molecule has 2 rings (SSSR count). The van der Waals surface area contributed by atoms with Crippen molar-refractivity contribution in [1.82, 2.24) is 0 Å². The third kappa shape index (κ3) is 2.31. The smallest absolute Gasteiger partial charge is 0.335 e. The van der Waals surface area contributed by atoms with Crippen LogP contribution in [0.1, 0.15) is 36.2 Å². The number of ether oxygens (including phenoxy) is 1. The molecule has 0 radical (unpaired) electrons. The molecule has 5 nitrogen and oxygen atoms in total. The van der Waals surface area contributed by atoms with E-state index in [1.54, 1.807) is 6.07 Å². The molecule has 0 unspecified atom stereocenters. The van der Waals surface area contributed by atoms with Crippen molar-refractivity contribution in [2.45, 2.75) is 20.3 Å². The van der Waals surface area contributed by atoms with Crippen molar-refractivity contribution in [2.24, 2.45) is 0 Å². The average molecular weight is 261 g/mol. The number of amides is 1. The van der Waals surface area contributed by atoms with Crippen molar-refractivity contribution in [3.05, 3.63) is 35.1 Å². The fourth-order valence-corrected chi connectivity index (χ4v) is 2.10. The highest BCUT2D eigenvalue weighted by Gasteiger charge is 2.28. The van der Waals surface area contributed by atoms with Crippen LogP contribution in [0.5, 0.6) is 0 Å². The van der Waals surface area contributed by atoms with Gasteiger partial charge in [0, 0.05) is 17.7 Å². The second-order valence-corrected chi connectivity index (χ2v) is 4.10. The Labute approximate surface area is 110 Å². The Hall–Kier alpha value is -2.30. The van der Waals surface area contributed by atoms with Gasteiger partial charge in [0.05, 0.1) is 17.7 Å². The SMILES string of the molecule is CCO/C(CC)=C1\C(=O)Nc2ccc(C(=O)O)cc21. The van der Waals surface area contributed by atoms with Crippen molar-refractivity contribution in [3.8, 4) is 0 Å². The molecule has 1 aromatic carbocycles. The molecule has 1 aliphatic rings. The molecule has 0 saturated carbocycles. The van der Waals surface area contributed by atoms with E-state index in [1.165, 1.54) is 12.1 Å². The van der Waals surface area contributed by atoms with Crippen molar-refractivity contribution >= 4 is 23.1 Å². The Morgan fingerprint density at radius 1 is 1.37 bits per heavy atom. The number of hydrogen-bond acceptors (Lipinski definition) is 3. The van der Waals surface area contributed by atoms with Crippen LogP contribution in [0.25, 0.3) is 5.57 Å². The van der Waals surface area contributed by atoms with Gasteiger partial charge in [0.1, 0.15) is 5.76 Å². The zero-order valence-corrected chi connectivity index (χ0v) is 10.8. The lowest BCUT2D eigenvalue weighted by Gasteiger charge is -2.09. The average Bonchev–Trinajstić information content (AvgIpc) is 2.71. The monoisotopic (exact) mass is 261 g/mol. The number of carbonyl (C=O) groups excluding carboxylic acids is 1. The zero-order valence-electron chi connectivity index (χ0n) is 10.8. The summed E-state index contributed by atoms with van der Waals surface area (Å²) in [7, 11) is 0. The highest BCUT2D eigenvalue weighted by Crippen LogP contribution is 2.35. The van der Waals surface area contributed by atoms with Crippen LogP contribution in [-0.4, -0.2) is 23.6 Å². The molecule has 5 heteroatoms. The molecular formula is C14H15NO4. The fraction of sp³-hybridized carbons (Fsp3) is 0.286. The van der Waals surface area contributed by atoms with Crippen LogP contribution < -0.4 is 5.32 Å². The number of aromatic carboxylic acids is 1. The van der Waals surface area contributed by atoms with Crippen molar-refractivity contribution in [1.29, 1.82) is 0 Å². The summed E-state index contributed by atoms with van der Waals surface area (Å²) in [5, 5.41) is 11.7. The molecule has 1 aliphatic heterocycles. The highest BCUT2D eigenvalue weighted by atomic mass is 16.5. The second-order valence-electron chi connectivity index (χ2n) is 4.10. The molecule has 0 bridgehead atoms. The van der Waals surface area contributed by atoms with E-state index < -0.39 is 5.97 Å². The second kappa shape index (κ2) is 5.14. The van der Waals surface area contributed by atoms with Gasteiger partial charge in [0.25, 0.3) is 5.91 Å². The van der Waals surface area contributed by atoms with E-state index in [0.717, 1.165) is 0 Å². The minimum absolute atomic E-state index is 0.153. The number of anilines is 1. The largest absolute Gasteiger partial charge is 0.497 e. The molecule has 1 aromatic rings. The van der Waals surface area contributed by atoms with Gasteiger partial charge >= 0.3 is 5.97 Å². The molecule has 2 N–H and O–H groups in total. The molecule has 1 amide bonds. The number of allylic oxidation sites excluding steroid dienone is 1. The first-order valence-corrected chi connectivity index (χ1v) is 6.13. The van der Waals surface area contributed by atoms with Gasteiger partial charge in [-0.1, -0.05) is 6.92 Å². The quantitative estimate of drug-likeness (QED) is 0.645. The summed E-state index contributed by atoms with van der Waals surface area (Å²) in [6.07, 6.45) is 0.577. The molecule has 19 heavy (non-hydrogen) atoms. The van der Waals surface area contributed by atoms with Gasteiger partial charge < -0.3 is 15.2 Å². The Kier molecular flexibility index (Phi) is 3.55. The molecule has 0 fully saturated rings. The maximum Gasteiger partial charge on any atom is 0.335 e. The first-order chi connectivity index (χ1) is 9.08. The molecule has 0 aliphatic carbocycles. The van der Waals surface area contributed by atoms with Gasteiger partial charge in [-0.25, -0.2) is 4.79 Å². The number of hydrogen-bond donors (Lipinski definition) is 2. The van der Waals surface area contributed by atoms with Crippen molar-refractivity contribution in [2.75, 3.05) is 11.9 Å². The number of carbonyl (C=O) groups is 2. The fourth-order valence-electron chi connectivity index (χ4n) is 2.10. The van der Waals surface area contributed by atoms with Crippen LogP contribution in [0.15, 0.2) is 24.0 Å². The topological polar surface area (TPSA) is 75.6 Å². The highest BCUT2D eigenvalue weighted by molar-refractivity contribution is 6.32. The molecule has 0 saturated heterocycles. The molecular weight excluding hydrogens is 246 g/mol. The van der Waals surface area contributed by atoms with E-state index in [9.17, 15) is 9.59 Å². The maximum absolute atomic E-state index is 12.0. The van der Waals surface area contributed by atoms with Crippen molar-refractivity contribution in [3.63, 3.8) is 0 Å². The molecule has 0 aromatic heterocycles. The van der Waals surface area contributed by atoms with Gasteiger partial charge in [-0.15, -0.1) is 0 Å². The van der Waals surface area contributed by atoms with E-state index in [1.807, 2.05) is 13.8 Å². The number of carboxylic acids is 1. The molecule has 1 heterocycles. The van der Waals surface area contributed by atoms with Crippen molar-refractivity contribution < 1.29 is 19.4 Å². The van der Waals surface area contributed by atoms with Gasteiger partial charge in [-0.05, 0) is 25.1 Å². The Morgan fingerprint density at radius 2 is 2.11 bits per heavy atom. The maximum atomic E-state index is 12.0. The van der Waals surface area contributed by atoms with Crippen LogP contribution in [0.3, 0.4) is 0 Å². The number of fused-ring (bicyclic) bond motifs is 1. The van der Waals surface area contributed by atoms with Gasteiger partial charge in [0.2, 0.25) is 0 Å². The summed E-state index contributed by atoms with van der Waals surface area (Å²) in [6, 6.07) is 4.57. The number of carboxylic acid groups (broad SMARTS) is 1. The van der Waals surface area contributed by atoms with E-state index >= 15 is 0 Å². The molecule has 100 valence electrons. The van der Waals surface area contributed by atoms with Crippen LogP contribution in [0.4, 0.5) is 5.69 Å². The Morgan fingerprint density at radius 3 is 2.68 bits per heavy atom. The molecule has 0 spiro atoms. The predicted molar refractivity (Wildman–Crippen MR) is 70.9 cm³/mol. The first-order valence-electron chi connectivity index (χ1n) is 6.13. The van der Waals surface area contributed by atoms with E-state index in [0.29, 0.717) is 35.6 Å². The first kappa shape index (κ1) is 13.1. The van der Waals surface area contributed by atoms with Gasteiger partial charge in [-0.2, -0.15) is 0 Å². The Bertz CT molecular complexity index is 575. The lowest BCUT2D eigenvalue weighted by atomic mass is 10.0. The summed E-state index contributed by atoms with van der Waals surface area (Å²) in [6.45, 7) is 4.20. The summed E-state index contributed by atoms with van der Waals surface area (Å²) < 4.78 is 5.47. The lowest BCUT2D eigenvalue weighted by molar-refractivity contribution is -0.111. The number of nitrogens with one attached hydrogen (secondary N) is 1. The third-order valence-electron chi connectivity index (χ3n) is 2.93. The normalized spacial score (nSPS) is 15.8. The van der Waals surface area contributed by atoms with Gasteiger partial charge in [0.15, 0.2) is 0 Å². The summed E-state index contributed by atoms with van der Waals surface area (Å²) >= 11 is 0.